The summed E-state index contributed by atoms with van der Waals surface area (Å²) in [6.07, 6.45) is 0.283. The van der Waals surface area contributed by atoms with Gasteiger partial charge in [0.15, 0.2) is 11.5 Å². The van der Waals surface area contributed by atoms with Crippen molar-refractivity contribution in [2.24, 2.45) is 0 Å². The van der Waals surface area contributed by atoms with Crippen molar-refractivity contribution in [1.29, 1.82) is 0 Å². The van der Waals surface area contributed by atoms with E-state index in [1.165, 1.54) is 28.4 Å². The van der Waals surface area contributed by atoms with Gasteiger partial charge >= 0.3 is 0 Å². The molecule has 0 aromatic heterocycles. The molecule has 0 bridgehead atoms. The van der Waals surface area contributed by atoms with Crippen LogP contribution in [0.2, 0.25) is 0 Å². The molecule has 150 valence electrons. The minimum atomic E-state index is -0.414. The van der Waals surface area contributed by atoms with Gasteiger partial charge in [-0.1, -0.05) is 6.92 Å². The Labute approximate surface area is 163 Å². The fourth-order valence-electron chi connectivity index (χ4n) is 2.54. The van der Waals surface area contributed by atoms with Crippen LogP contribution in [0, 0.1) is 0 Å². The number of rotatable bonds is 8. The van der Waals surface area contributed by atoms with Crippen molar-refractivity contribution in [3.8, 4) is 23.0 Å². The highest BCUT2D eigenvalue weighted by atomic mass is 16.5. The molecule has 0 aliphatic carbocycles. The third kappa shape index (κ3) is 4.64. The van der Waals surface area contributed by atoms with Gasteiger partial charge in [-0.15, -0.1) is 0 Å². The van der Waals surface area contributed by atoms with Gasteiger partial charge in [-0.3, -0.25) is 9.59 Å². The number of hydrogen-bond acceptors (Lipinski definition) is 6. The van der Waals surface area contributed by atoms with E-state index in [0.717, 1.165) is 0 Å². The number of anilines is 2. The van der Waals surface area contributed by atoms with Crippen LogP contribution in [0.25, 0.3) is 0 Å². The van der Waals surface area contributed by atoms with Crippen molar-refractivity contribution >= 4 is 23.2 Å². The monoisotopic (exact) mass is 388 g/mol. The van der Waals surface area contributed by atoms with Gasteiger partial charge in [-0.2, -0.15) is 0 Å². The maximum Gasteiger partial charge on any atom is 0.257 e. The maximum absolute atomic E-state index is 12.8. The molecule has 0 atom stereocenters. The average molecular weight is 388 g/mol. The van der Waals surface area contributed by atoms with Gasteiger partial charge < -0.3 is 29.6 Å². The lowest BCUT2D eigenvalue weighted by Gasteiger charge is -2.16. The van der Waals surface area contributed by atoms with Crippen LogP contribution in [0.15, 0.2) is 30.3 Å². The fourth-order valence-corrected chi connectivity index (χ4v) is 2.54. The minimum absolute atomic E-state index is 0.213. The van der Waals surface area contributed by atoms with Crippen molar-refractivity contribution in [3.05, 3.63) is 35.9 Å². The third-order valence-electron chi connectivity index (χ3n) is 3.99. The van der Waals surface area contributed by atoms with Gasteiger partial charge in [0, 0.05) is 30.3 Å². The first kappa shape index (κ1) is 20.9. The molecule has 2 aromatic rings. The molecule has 0 heterocycles. The number of amides is 2. The summed E-state index contributed by atoms with van der Waals surface area (Å²) in [6.45, 7) is 1.73. The maximum atomic E-state index is 12.8. The van der Waals surface area contributed by atoms with E-state index in [1.807, 2.05) is 0 Å². The molecule has 0 aliphatic rings. The molecule has 8 nitrogen and oxygen atoms in total. The smallest absolute Gasteiger partial charge is 0.257 e. The molecule has 0 saturated heterocycles. The Morgan fingerprint density at radius 2 is 1.50 bits per heavy atom. The molecule has 2 amide bonds. The van der Waals surface area contributed by atoms with Crippen LogP contribution in [0.3, 0.4) is 0 Å². The zero-order valence-electron chi connectivity index (χ0n) is 16.5. The molecule has 0 saturated carbocycles. The third-order valence-corrected chi connectivity index (χ3v) is 3.99. The molecule has 0 unspecified atom stereocenters. The van der Waals surface area contributed by atoms with Gasteiger partial charge in [0.2, 0.25) is 11.7 Å². The van der Waals surface area contributed by atoms with E-state index >= 15 is 0 Å². The molecule has 2 N–H and O–H groups in total. The van der Waals surface area contributed by atoms with E-state index in [1.54, 1.807) is 37.3 Å². The number of carbonyl (C=O) groups excluding carboxylic acids is 2. The van der Waals surface area contributed by atoms with Crippen molar-refractivity contribution < 1.29 is 28.5 Å². The Kier molecular flexibility index (Phi) is 7.08. The lowest BCUT2D eigenvalue weighted by Crippen LogP contribution is -2.18. The number of ether oxygens (including phenoxy) is 4. The molecule has 0 radical (unpaired) electrons. The van der Waals surface area contributed by atoms with Crippen molar-refractivity contribution in [1.82, 2.24) is 0 Å². The predicted octanol–water partition coefficient (Wildman–Crippen LogP) is 3.32. The number of carbonyl (C=O) groups is 2. The molecule has 2 aromatic carbocycles. The predicted molar refractivity (Wildman–Crippen MR) is 106 cm³/mol. The highest BCUT2D eigenvalue weighted by Gasteiger charge is 2.18. The summed E-state index contributed by atoms with van der Waals surface area (Å²) >= 11 is 0. The molecule has 0 fully saturated rings. The van der Waals surface area contributed by atoms with E-state index in [2.05, 4.69) is 10.6 Å². The second kappa shape index (κ2) is 9.50. The largest absolute Gasteiger partial charge is 0.497 e. The Hall–Kier alpha value is -3.42. The van der Waals surface area contributed by atoms with Gasteiger partial charge in [0.25, 0.3) is 5.91 Å². The van der Waals surface area contributed by atoms with Crippen LogP contribution < -0.4 is 29.6 Å². The zero-order chi connectivity index (χ0) is 20.7. The van der Waals surface area contributed by atoms with Gasteiger partial charge in [-0.25, -0.2) is 0 Å². The average Bonchev–Trinajstić information content (AvgIpc) is 2.72. The Bertz CT molecular complexity index is 841. The van der Waals surface area contributed by atoms with Gasteiger partial charge in [-0.05, 0) is 12.1 Å². The van der Waals surface area contributed by atoms with Gasteiger partial charge in [0.05, 0.1) is 39.7 Å². The van der Waals surface area contributed by atoms with Crippen LogP contribution in [-0.4, -0.2) is 40.3 Å². The summed E-state index contributed by atoms with van der Waals surface area (Å²) < 4.78 is 21.1. The van der Waals surface area contributed by atoms with Crippen LogP contribution in [0.1, 0.15) is 23.7 Å². The molecular formula is C20H24N2O6. The molecule has 2 rings (SSSR count). The van der Waals surface area contributed by atoms with E-state index in [-0.39, 0.29) is 17.9 Å². The second-order valence-corrected chi connectivity index (χ2v) is 5.68. The van der Waals surface area contributed by atoms with Crippen molar-refractivity contribution in [3.63, 3.8) is 0 Å². The summed E-state index contributed by atoms with van der Waals surface area (Å²) in [5.41, 5.74) is 1.09. The first-order chi connectivity index (χ1) is 13.5. The number of methoxy groups -OCH3 is 4. The number of nitrogens with one attached hydrogen (secondary N) is 2. The standard InChI is InChI=1S/C20H24N2O6/c1-6-18(23)22-15-11-13(25-2)7-8-14(15)20(24)21-12-9-16(26-3)19(28-5)17(10-12)27-4/h7-11H,6H2,1-5H3,(H,21,24)(H,22,23). The molecule has 8 heteroatoms. The minimum Gasteiger partial charge on any atom is -0.497 e. The zero-order valence-corrected chi connectivity index (χ0v) is 16.5. The quantitative estimate of drug-likeness (QED) is 0.720. The number of benzene rings is 2. The van der Waals surface area contributed by atoms with E-state index in [0.29, 0.717) is 34.4 Å². The molecule has 0 spiro atoms. The molecular weight excluding hydrogens is 364 g/mol. The summed E-state index contributed by atoms with van der Waals surface area (Å²) in [5, 5.41) is 5.50. The Morgan fingerprint density at radius 3 is 2.00 bits per heavy atom. The highest BCUT2D eigenvalue weighted by Crippen LogP contribution is 2.40. The normalized spacial score (nSPS) is 10.0. The van der Waals surface area contributed by atoms with Crippen LogP contribution >= 0.6 is 0 Å². The molecule has 0 aliphatic heterocycles. The summed E-state index contributed by atoms with van der Waals surface area (Å²) in [5.74, 6) is 1.13. The van der Waals surface area contributed by atoms with Crippen molar-refractivity contribution in [2.75, 3.05) is 39.1 Å². The molecule has 28 heavy (non-hydrogen) atoms. The lowest BCUT2D eigenvalue weighted by molar-refractivity contribution is -0.115. The fraction of sp³-hybridized carbons (Fsp3) is 0.300. The van der Waals surface area contributed by atoms with Crippen LogP contribution in [0.4, 0.5) is 11.4 Å². The van der Waals surface area contributed by atoms with E-state index in [4.69, 9.17) is 18.9 Å². The summed E-state index contributed by atoms with van der Waals surface area (Å²) in [6, 6.07) is 8.06. The SMILES string of the molecule is CCC(=O)Nc1cc(OC)ccc1C(=O)Nc1cc(OC)c(OC)c(OC)c1. The van der Waals surface area contributed by atoms with E-state index in [9.17, 15) is 9.59 Å². The van der Waals surface area contributed by atoms with Gasteiger partial charge in [0.1, 0.15) is 5.75 Å². The van der Waals surface area contributed by atoms with Crippen LogP contribution in [-0.2, 0) is 4.79 Å². The Balaban J connectivity index is 2.38. The van der Waals surface area contributed by atoms with E-state index < -0.39 is 5.91 Å². The Morgan fingerprint density at radius 1 is 0.857 bits per heavy atom. The van der Waals surface area contributed by atoms with Crippen molar-refractivity contribution in [2.45, 2.75) is 13.3 Å². The highest BCUT2D eigenvalue weighted by molar-refractivity contribution is 6.10. The first-order valence-corrected chi connectivity index (χ1v) is 8.56. The summed E-state index contributed by atoms with van der Waals surface area (Å²) in [4.78, 5) is 24.7. The lowest BCUT2D eigenvalue weighted by atomic mass is 10.1. The summed E-state index contributed by atoms with van der Waals surface area (Å²) in [7, 11) is 5.99. The number of hydrogen-bond donors (Lipinski definition) is 2. The topological polar surface area (TPSA) is 95.1 Å². The van der Waals surface area contributed by atoms with Crippen LogP contribution in [0.5, 0.6) is 23.0 Å². The second-order valence-electron chi connectivity index (χ2n) is 5.68. The first-order valence-electron chi connectivity index (χ1n) is 8.56.